The number of nitro groups is 1. The molecule has 0 saturated heterocycles. The number of amides is 1. The van der Waals surface area contributed by atoms with E-state index in [1.807, 2.05) is 6.92 Å². The van der Waals surface area contributed by atoms with Gasteiger partial charge in [0, 0.05) is 17.7 Å². The van der Waals surface area contributed by atoms with E-state index >= 15 is 0 Å². The number of hydrogen-bond acceptors (Lipinski definition) is 5. The Balaban J connectivity index is 1.64. The lowest BCUT2D eigenvalue weighted by Crippen LogP contribution is -2.19. The van der Waals surface area contributed by atoms with Crippen LogP contribution in [0.1, 0.15) is 16.9 Å². The first kappa shape index (κ1) is 19.0. The molecule has 142 valence electrons. The minimum atomic E-state index is -0.467. The Morgan fingerprint density at radius 2 is 1.96 bits per heavy atom. The summed E-state index contributed by atoms with van der Waals surface area (Å²) in [5.41, 5.74) is 4.44. The van der Waals surface area contributed by atoms with Gasteiger partial charge in [-0.15, -0.1) is 0 Å². The summed E-state index contributed by atoms with van der Waals surface area (Å²) in [5, 5.41) is 14.8. The SMILES string of the molecule is Cc1ccc([N+](=O)[O-])cc1-c1ccc(/C=N/NC(=O)Cc2ccc(F)cc2)o1. The molecule has 0 saturated carbocycles. The third-order valence-electron chi connectivity index (χ3n) is 3.98. The molecule has 8 heteroatoms. The average Bonchev–Trinajstić information content (AvgIpc) is 3.12. The molecule has 0 aliphatic rings. The number of hydrogen-bond donors (Lipinski definition) is 1. The molecule has 0 aliphatic carbocycles. The monoisotopic (exact) mass is 381 g/mol. The van der Waals surface area contributed by atoms with Gasteiger partial charge in [0.1, 0.15) is 17.3 Å². The van der Waals surface area contributed by atoms with Crippen LogP contribution in [0.5, 0.6) is 0 Å². The van der Waals surface area contributed by atoms with E-state index < -0.39 is 4.92 Å². The molecule has 1 heterocycles. The van der Waals surface area contributed by atoms with Crippen LogP contribution < -0.4 is 5.43 Å². The fraction of sp³-hybridized carbons (Fsp3) is 0.100. The Bertz CT molecular complexity index is 1040. The van der Waals surface area contributed by atoms with Gasteiger partial charge in [-0.3, -0.25) is 14.9 Å². The summed E-state index contributed by atoms with van der Waals surface area (Å²) in [5.74, 6) is 0.113. The summed E-state index contributed by atoms with van der Waals surface area (Å²) in [6.45, 7) is 1.82. The molecular weight excluding hydrogens is 365 g/mol. The van der Waals surface area contributed by atoms with E-state index in [0.717, 1.165) is 5.56 Å². The number of benzene rings is 2. The summed E-state index contributed by atoms with van der Waals surface area (Å²) in [4.78, 5) is 22.3. The normalized spacial score (nSPS) is 10.9. The number of rotatable bonds is 6. The molecular formula is C20H16FN3O4. The molecule has 0 spiro atoms. The number of aryl methyl sites for hydroxylation is 1. The summed E-state index contributed by atoms with van der Waals surface area (Å²) in [6, 6.07) is 13.5. The molecule has 1 amide bonds. The molecule has 0 fully saturated rings. The van der Waals surface area contributed by atoms with E-state index in [2.05, 4.69) is 10.5 Å². The number of furan rings is 1. The zero-order valence-electron chi connectivity index (χ0n) is 14.9. The van der Waals surface area contributed by atoms with Crippen molar-refractivity contribution in [3.63, 3.8) is 0 Å². The topological polar surface area (TPSA) is 97.7 Å². The minimum absolute atomic E-state index is 0.0275. The molecule has 0 aliphatic heterocycles. The maximum Gasteiger partial charge on any atom is 0.270 e. The van der Waals surface area contributed by atoms with Crippen molar-refractivity contribution in [1.82, 2.24) is 5.43 Å². The number of carbonyl (C=O) groups is 1. The molecule has 0 atom stereocenters. The van der Waals surface area contributed by atoms with Crippen LogP contribution in [-0.2, 0) is 11.2 Å². The standard InChI is InChI=1S/C20H16FN3O4/c1-13-2-7-16(24(26)27)11-18(13)19-9-8-17(28-19)12-22-23-20(25)10-14-3-5-15(21)6-4-14/h2-9,11-12H,10H2,1H3,(H,23,25)/b22-12+. The van der Waals surface area contributed by atoms with Crippen LogP contribution >= 0.6 is 0 Å². The summed E-state index contributed by atoms with van der Waals surface area (Å²) in [7, 11) is 0. The van der Waals surface area contributed by atoms with E-state index in [1.54, 1.807) is 18.2 Å². The van der Waals surface area contributed by atoms with Gasteiger partial charge in [0.15, 0.2) is 0 Å². The average molecular weight is 381 g/mol. The zero-order chi connectivity index (χ0) is 20.1. The predicted molar refractivity (Wildman–Crippen MR) is 101 cm³/mol. The highest BCUT2D eigenvalue weighted by molar-refractivity contribution is 5.82. The van der Waals surface area contributed by atoms with Gasteiger partial charge in [0.25, 0.3) is 5.69 Å². The van der Waals surface area contributed by atoms with E-state index in [4.69, 9.17) is 4.42 Å². The molecule has 7 nitrogen and oxygen atoms in total. The maximum absolute atomic E-state index is 12.9. The number of nitro benzene ring substituents is 1. The Labute approximate surface area is 159 Å². The lowest BCUT2D eigenvalue weighted by Gasteiger charge is -2.02. The van der Waals surface area contributed by atoms with Crippen LogP contribution in [0.3, 0.4) is 0 Å². The molecule has 28 heavy (non-hydrogen) atoms. The van der Waals surface area contributed by atoms with Crippen molar-refractivity contribution in [3.8, 4) is 11.3 Å². The van der Waals surface area contributed by atoms with Crippen LogP contribution in [0.4, 0.5) is 10.1 Å². The molecule has 0 radical (unpaired) electrons. The summed E-state index contributed by atoms with van der Waals surface area (Å²) >= 11 is 0. The van der Waals surface area contributed by atoms with Gasteiger partial charge >= 0.3 is 0 Å². The predicted octanol–water partition coefficient (Wildman–Crippen LogP) is 4.00. The lowest BCUT2D eigenvalue weighted by atomic mass is 10.1. The van der Waals surface area contributed by atoms with Crippen LogP contribution in [0.15, 0.2) is 64.1 Å². The van der Waals surface area contributed by atoms with Gasteiger partial charge in [-0.05, 0) is 42.3 Å². The van der Waals surface area contributed by atoms with Crippen molar-refractivity contribution in [3.05, 3.63) is 87.4 Å². The fourth-order valence-corrected chi connectivity index (χ4v) is 2.55. The summed E-state index contributed by atoms with van der Waals surface area (Å²) < 4.78 is 18.5. The third kappa shape index (κ3) is 4.67. The smallest absolute Gasteiger partial charge is 0.270 e. The van der Waals surface area contributed by atoms with Crippen molar-refractivity contribution >= 4 is 17.8 Å². The van der Waals surface area contributed by atoms with E-state index in [0.29, 0.717) is 22.6 Å². The molecule has 1 aromatic heterocycles. The van der Waals surface area contributed by atoms with E-state index in [-0.39, 0.29) is 23.8 Å². The number of nitrogens with one attached hydrogen (secondary N) is 1. The van der Waals surface area contributed by atoms with E-state index in [9.17, 15) is 19.3 Å². The fourth-order valence-electron chi connectivity index (χ4n) is 2.55. The van der Waals surface area contributed by atoms with Gasteiger partial charge in [-0.2, -0.15) is 5.10 Å². The highest BCUT2D eigenvalue weighted by atomic mass is 19.1. The second-order valence-electron chi connectivity index (χ2n) is 6.05. The van der Waals surface area contributed by atoms with Crippen LogP contribution in [-0.4, -0.2) is 17.0 Å². The van der Waals surface area contributed by atoms with Crippen molar-refractivity contribution in [2.45, 2.75) is 13.3 Å². The summed E-state index contributed by atoms with van der Waals surface area (Å²) in [6.07, 6.45) is 1.40. The van der Waals surface area contributed by atoms with Gasteiger partial charge in [0.05, 0.1) is 17.6 Å². The molecule has 0 bridgehead atoms. The second kappa shape index (κ2) is 8.26. The largest absolute Gasteiger partial charge is 0.455 e. The molecule has 3 aromatic rings. The molecule has 0 unspecified atom stereocenters. The highest BCUT2D eigenvalue weighted by Gasteiger charge is 2.13. The molecule has 2 aromatic carbocycles. The van der Waals surface area contributed by atoms with Crippen LogP contribution in [0, 0.1) is 22.9 Å². The second-order valence-corrected chi connectivity index (χ2v) is 6.05. The first-order valence-electron chi connectivity index (χ1n) is 8.34. The Morgan fingerprint density at radius 1 is 1.21 bits per heavy atom. The van der Waals surface area contributed by atoms with Crippen LogP contribution in [0.2, 0.25) is 0 Å². The van der Waals surface area contributed by atoms with E-state index in [1.165, 1.54) is 42.6 Å². The molecule has 3 rings (SSSR count). The van der Waals surface area contributed by atoms with Crippen molar-refractivity contribution in [1.29, 1.82) is 0 Å². The van der Waals surface area contributed by atoms with Gasteiger partial charge in [-0.25, -0.2) is 9.82 Å². The Hall–Kier alpha value is -3.81. The quantitative estimate of drug-likeness (QED) is 0.396. The zero-order valence-corrected chi connectivity index (χ0v) is 14.9. The Morgan fingerprint density at radius 3 is 2.68 bits per heavy atom. The van der Waals surface area contributed by atoms with Gasteiger partial charge in [0.2, 0.25) is 5.91 Å². The number of hydrazone groups is 1. The first-order valence-corrected chi connectivity index (χ1v) is 8.34. The molecule has 1 N–H and O–H groups in total. The first-order chi connectivity index (χ1) is 13.4. The van der Waals surface area contributed by atoms with Gasteiger partial charge in [-0.1, -0.05) is 18.2 Å². The third-order valence-corrected chi connectivity index (χ3v) is 3.98. The van der Waals surface area contributed by atoms with Crippen molar-refractivity contribution in [2.24, 2.45) is 5.10 Å². The number of halogens is 1. The maximum atomic E-state index is 12.9. The number of nitrogens with zero attached hydrogens (tertiary/aromatic N) is 2. The van der Waals surface area contributed by atoms with Crippen LogP contribution in [0.25, 0.3) is 11.3 Å². The van der Waals surface area contributed by atoms with Crippen molar-refractivity contribution < 1.29 is 18.5 Å². The lowest BCUT2D eigenvalue weighted by molar-refractivity contribution is -0.384. The Kier molecular flexibility index (Phi) is 5.59. The number of carbonyl (C=O) groups excluding carboxylic acids is 1. The number of non-ortho nitro benzene ring substituents is 1. The highest BCUT2D eigenvalue weighted by Crippen LogP contribution is 2.28. The minimum Gasteiger partial charge on any atom is -0.455 e. The van der Waals surface area contributed by atoms with Crippen molar-refractivity contribution in [2.75, 3.05) is 0 Å². The van der Waals surface area contributed by atoms with Gasteiger partial charge < -0.3 is 4.42 Å².